The lowest BCUT2D eigenvalue weighted by molar-refractivity contribution is 0.558. The van der Waals surface area contributed by atoms with Crippen LogP contribution in [-0.4, -0.2) is 15.8 Å². The van der Waals surface area contributed by atoms with E-state index in [0.717, 1.165) is 19.1 Å². The van der Waals surface area contributed by atoms with Crippen molar-refractivity contribution < 1.29 is 0 Å². The minimum atomic E-state index is 0.774. The maximum atomic E-state index is 4.50. The van der Waals surface area contributed by atoms with Crippen molar-refractivity contribution in [1.82, 2.24) is 15.1 Å². The minimum Gasteiger partial charge on any atom is -0.308 e. The van der Waals surface area contributed by atoms with Crippen LogP contribution in [0.1, 0.15) is 38.3 Å². The van der Waals surface area contributed by atoms with Crippen LogP contribution in [0.25, 0.3) is 0 Å². The van der Waals surface area contributed by atoms with E-state index in [-0.39, 0.29) is 0 Å². The van der Waals surface area contributed by atoms with E-state index in [1.807, 2.05) is 4.68 Å². The largest absolute Gasteiger partial charge is 0.308 e. The molecule has 78 valence electrons. The molecule has 0 aromatic carbocycles. The molecule has 1 fully saturated rings. The quantitative estimate of drug-likeness (QED) is 0.748. The Hall–Kier alpha value is -0.830. The smallest absolute Gasteiger partial charge is 0.0762 e. The first-order chi connectivity index (χ1) is 6.88. The predicted molar refractivity (Wildman–Crippen MR) is 57.0 cm³/mol. The van der Waals surface area contributed by atoms with Gasteiger partial charge in [-0.25, -0.2) is 0 Å². The summed E-state index contributed by atoms with van der Waals surface area (Å²) in [5.41, 5.74) is 1.17. The third-order valence-electron chi connectivity index (χ3n) is 2.59. The van der Waals surface area contributed by atoms with Crippen LogP contribution < -0.4 is 5.32 Å². The van der Waals surface area contributed by atoms with Gasteiger partial charge in [-0.05, 0) is 25.3 Å². The van der Waals surface area contributed by atoms with Crippen molar-refractivity contribution in [3.05, 3.63) is 18.0 Å². The standard InChI is InChI=1S/C11H19N3/c1-2-3-7-14-8-6-11(13-14)9-12-10-4-5-10/h6,8,10,12H,2-5,7,9H2,1H3. The number of hydrogen-bond donors (Lipinski definition) is 1. The summed E-state index contributed by atoms with van der Waals surface area (Å²) in [5.74, 6) is 0. The zero-order valence-corrected chi connectivity index (χ0v) is 8.87. The van der Waals surface area contributed by atoms with E-state index in [0.29, 0.717) is 0 Å². The molecule has 0 spiro atoms. The van der Waals surface area contributed by atoms with Crippen LogP contribution in [0, 0.1) is 0 Å². The average molecular weight is 193 g/mol. The summed E-state index contributed by atoms with van der Waals surface area (Å²) < 4.78 is 2.05. The lowest BCUT2D eigenvalue weighted by Crippen LogP contribution is -2.15. The van der Waals surface area contributed by atoms with Crippen LogP contribution in [0.2, 0.25) is 0 Å². The minimum absolute atomic E-state index is 0.774. The number of aromatic nitrogens is 2. The lowest BCUT2D eigenvalue weighted by Gasteiger charge is -1.99. The highest BCUT2D eigenvalue weighted by Gasteiger charge is 2.20. The molecule has 0 bridgehead atoms. The summed E-state index contributed by atoms with van der Waals surface area (Å²) in [5, 5.41) is 7.97. The van der Waals surface area contributed by atoms with Gasteiger partial charge in [-0.3, -0.25) is 4.68 Å². The molecule has 1 heterocycles. The third-order valence-corrected chi connectivity index (χ3v) is 2.59. The number of rotatable bonds is 6. The van der Waals surface area contributed by atoms with Crippen LogP contribution in [0.5, 0.6) is 0 Å². The number of unbranched alkanes of at least 4 members (excludes halogenated alkanes) is 1. The first kappa shape index (κ1) is 9.71. The highest BCUT2D eigenvalue weighted by molar-refractivity contribution is 4.99. The molecule has 3 heteroatoms. The van der Waals surface area contributed by atoms with E-state index in [2.05, 4.69) is 29.6 Å². The van der Waals surface area contributed by atoms with Crippen LogP contribution in [0.3, 0.4) is 0 Å². The van der Waals surface area contributed by atoms with Gasteiger partial charge in [0, 0.05) is 25.3 Å². The average Bonchev–Trinajstić information content (AvgIpc) is 2.92. The Kier molecular flexibility index (Phi) is 3.19. The monoisotopic (exact) mass is 193 g/mol. The van der Waals surface area contributed by atoms with E-state index in [4.69, 9.17) is 0 Å². The van der Waals surface area contributed by atoms with Crippen LogP contribution in [-0.2, 0) is 13.1 Å². The summed E-state index contributed by atoms with van der Waals surface area (Å²) in [7, 11) is 0. The molecule has 1 N–H and O–H groups in total. The Balaban J connectivity index is 1.76. The van der Waals surface area contributed by atoms with Gasteiger partial charge in [-0.15, -0.1) is 0 Å². The molecule has 2 rings (SSSR count). The fourth-order valence-corrected chi connectivity index (χ4v) is 1.48. The number of nitrogens with one attached hydrogen (secondary N) is 1. The van der Waals surface area contributed by atoms with Gasteiger partial charge in [0.25, 0.3) is 0 Å². The summed E-state index contributed by atoms with van der Waals surface area (Å²) in [6.45, 7) is 4.20. The molecule has 0 aliphatic heterocycles. The van der Waals surface area contributed by atoms with Crippen molar-refractivity contribution in [1.29, 1.82) is 0 Å². The molecule has 14 heavy (non-hydrogen) atoms. The Labute approximate surface area is 85.5 Å². The van der Waals surface area contributed by atoms with Crippen molar-refractivity contribution >= 4 is 0 Å². The number of hydrogen-bond acceptors (Lipinski definition) is 2. The Morgan fingerprint density at radius 3 is 3.14 bits per heavy atom. The third kappa shape index (κ3) is 2.84. The second-order valence-corrected chi connectivity index (χ2v) is 4.08. The van der Waals surface area contributed by atoms with Crippen LogP contribution in [0.15, 0.2) is 12.3 Å². The maximum absolute atomic E-state index is 4.50. The molecule has 0 radical (unpaired) electrons. The molecule has 3 nitrogen and oxygen atoms in total. The highest BCUT2D eigenvalue weighted by atomic mass is 15.3. The molecule has 0 atom stereocenters. The van der Waals surface area contributed by atoms with E-state index in [9.17, 15) is 0 Å². The van der Waals surface area contributed by atoms with Gasteiger partial charge in [0.1, 0.15) is 0 Å². The predicted octanol–water partition coefficient (Wildman–Crippen LogP) is 1.94. The zero-order valence-electron chi connectivity index (χ0n) is 8.87. The Morgan fingerprint density at radius 1 is 1.57 bits per heavy atom. The van der Waals surface area contributed by atoms with Gasteiger partial charge < -0.3 is 5.32 Å². The molecule has 1 aliphatic rings. The molecule has 1 aliphatic carbocycles. The summed E-state index contributed by atoms with van der Waals surface area (Å²) >= 11 is 0. The molecule has 0 amide bonds. The molecule has 0 unspecified atom stereocenters. The molecule has 0 saturated heterocycles. The second-order valence-electron chi connectivity index (χ2n) is 4.08. The van der Waals surface area contributed by atoms with Gasteiger partial charge in [-0.2, -0.15) is 5.10 Å². The van der Waals surface area contributed by atoms with Crippen molar-refractivity contribution in [2.24, 2.45) is 0 Å². The van der Waals surface area contributed by atoms with Gasteiger partial charge in [0.2, 0.25) is 0 Å². The van der Waals surface area contributed by atoms with Gasteiger partial charge >= 0.3 is 0 Å². The Morgan fingerprint density at radius 2 is 2.43 bits per heavy atom. The number of aryl methyl sites for hydroxylation is 1. The molecule has 1 saturated carbocycles. The number of nitrogens with zero attached hydrogens (tertiary/aromatic N) is 2. The van der Waals surface area contributed by atoms with E-state index < -0.39 is 0 Å². The normalized spacial score (nSPS) is 16.1. The van der Waals surface area contributed by atoms with E-state index in [1.54, 1.807) is 0 Å². The first-order valence-electron chi connectivity index (χ1n) is 5.64. The summed E-state index contributed by atoms with van der Waals surface area (Å²) in [6.07, 6.45) is 7.22. The van der Waals surface area contributed by atoms with Gasteiger partial charge in [0.15, 0.2) is 0 Å². The first-order valence-corrected chi connectivity index (χ1v) is 5.64. The SMILES string of the molecule is CCCCn1ccc(CNC2CC2)n1. The second kappa shape index (κ2) is 4.60. The molecular weight excluding hydrogens is 174 g/mol. The van der Waals surface area contributed by atoms with Crippen molar-refractivity contribution in [3.8, 4) is 0 Å². The fourth-order valence-electron chi connectivity index (χ4n) is 1.48. The van der Waals surface area contributed by atoms with E-state index in [1.165, 1.54) is 31.4 Å². The van der Waals surface area contributed by atoms with Crippen molar-refractivity contribution in [3.63, 3.8) is 0 Å². The zero-order chi connectivity index (χ0) is 9.80. The van der Waals surface area contributed by atoms with Gasteiger partial charge in [-0.1, -0.05) is 13.3 Å². The van der Waals surface area contributed by atoms with Crippen molar-refractivity contribution in [2.75, 3.05) is 0 Å². The van der Waals surface area contributed by atoms with Crippen LogP contribution in [0.4, 0.5) is 0 Å². The van der Waals surface area contributed by atoms with E-state index >= 15 is 0 Å². The maximum Gasteiger partial charge on any atom is 0.0762 e. The van der Waals surface area contributed by atoms with Crippen LogP contribution >= 0.6 is 0 Å². The van der Waals surface area contributed by atoms with Gasteiger partial charge in [0.05, 0.1) is 5.69 Å². The highest BCUT2D eigenvalue weighted by Crippen LogP contribution is 2.18. The molecule has 1 aromatic rings. The lowest BCUT2D eigenvalue weighted by atomic mass is 10.3. The molecule has 1 aromatic heterocycles. The topological polar surface area (TPSA) is 29.9 Å². The summed E-state index contributed by atoms with van der Waals surface area (Å²) in [6, 6.07) is 2.89. The molecular formula is C11H19N3. The van der Waals surface area contributed by atoms with Crippen molar-refractivity contribution in [2.45, 2.75) is 51.7 Å². The Bertz CT molecular complexity index is 276. The summed E-state index contributed by atoms with van der Waals surface area (Å²) in [4.78, 5) is 0. The fraction of sp³-hybridized carbons (Fsp3) is 0.727.